The molecule has 1 amide bonds. The molecule has 0 saturated heterocycles. The van der Waals surface area contributed by atoms with Crippen molar-refractivity contribution < 1.29 is 9.53 Å². The van der Waals surface area contributed by atoms with Gasteiger partial charge in [-0.15, -0.1) is 0 Å². The largest absolute Gasteiger partial charge is 0.379 e. The first-order valence-corrected chi connectivity index (χ1v) is 14.3. The first kappa shape index (κ1) is 24.8. The van der Waals surface area contributed by atoms with Crippen LogP contribution in [0.15, 0.2) is 34.2 Å². The van der Waals surface area contributed by atoms with Crippen LogP contribution in [0.3, 0.4) is 0 Å². The number of hydrogen-bond acceptors (Lipinski definition) is 5. The molecule has 1 heterocycles. The Hall–Kier alpha value is -1.86. The molecule has 6 rings (SSSR count). The minimum Gasteiger partial charge on any atom is -0.379 e. The van der Waals surface area contributed by atoms with E-state index in [1.807, 2.05) is 38.1 Å². The Morgan fingerprint density at radius 3 is 2.46 bits per heavy atom. The van der Waals surface area contributed by atoms with Gasteiger partial charge in [0, 0.05) is 19.2 Å². The SMILES string of the molecule is CC(C)OCCCn1c(SCC(=O)NC(C)C23CC4CC(CC(C4)C2)C3)nc2ccccc2c1=O. The second-order valence-corrected chi connectivity index (χ2v) is 12.4. The molecule has 4 aliphatic carbocycles. The van der Waals surface area contributed by atoms with Gasteiger partial charge in [0.05, 0.1) is 22.8 Å². The summed E-state index contributed by atoms with van der Waals surface area (Å²) in [7, 11) is 0. The number of carbonyl (C=O) groups is 1. The topological polar surface area (TPSA) is 73.2 Å². The van der Waals surface area contributed by atoms with E-state index < -0.39 is 0 Å². The number of ether oxygens (including phenoxy) is 1. The summed E-state index contributed by atoms with van der Waals surface area (Å²) in [6.45, 7) is 7.35. The molecule has 1 atom stereocenters. The van der Waals surface area contributed by atoms with Gasteiger partial charge in [0.1, 0.15) is 0 Å². The van der Waals surface area contributed by atoms with Gasteiger partial charge in [-0.25, -0.2) is 4.98 Å². The molecule has 35 heavy (non-hydrogen) atoms. The average molecular weight is 498 g/mol. The summed E-state index contributed by atoms with van der Waals surface area (Å²) >= 11 is 1.37. The molecule has 0 radical (unpaired) electrons. The summed E-state index contributed by atoms with van der Waals surface area (Å²) in [6.07, 6.45) is 8.93. The van der Waals surface area contributed by atoms with Crippen molar-refractivity contribution in [2.45, 2.75) is 89.6 Å². The lowest BCUT2D eigenvalue weighted by molar-refractivity contribution is -0.123. The zero-order valence-corrected chi connectivity index (χ0v) is 22.1. The second kappa shape index (κ2) is 10.3. The molecule has 4 bridgehead atoms. The number of nitrogens with zero attached hydrogens (tertiary/aromatic N) is 2. The van der Waals surface area contributed by atoms with Gasteiger partial charge in [-0.2, -0.15) is 0 Å². The van der Waals surface area contributed by atoms with Crippen LogP contribution in [0.5, 0.6) is 0 Å². The molecule has 1 N–H and O–H groups in total. The number of thioether (sulfide) groups is 1. The summed E-state index contributed by atoms with van der Waals surface area (Å²) in [6, 6.07) is 7.64. The van der Waals surface area contributed by atoms with Crippen LogP contribution in [0.25, 0.3) is 10.9 Å². The molecule has 0 spiro atoms. The first-order chi connectivity index (χ1) is 16.8. The second-order valence-electron chi connectivity index (χ2n) is 11.5. The van der Waals surface area contributed by atoms with Crippen LogP contribution in [-0.2, 0) is 16.1 Å². The number of nitrogens with one attached hydrogen (secondary N) is 1. The molecule has 2 aromatic rings. The third-order valence-electron chi connectivity index (χ3n) is 8.52. The first-order valence-electron chi connectivity index (χ1n) is 13.4. The van der Waals surface area contributed by atoms with E-state index >= 15 is 0 Å². The van der Waals surface area contributed by atoms with Crippen LogP contribution in [0, 0.1) is 23.2 Å². The van der Waals surface area contributed by atoms with Crippen LogP contribution in [0.1, 0.15) is 65.7 Å². The average Bonchev–Trinajstić information content (AvgIpc) is 2.80. The maximum atomic E-state index is 13.2. The summed E-state index contributed by atoms with van der Waals surface area (Å²) in [5.41, 5.74) is 0.913. The van der Waals surface area contributed by atoms with Gasteiger partial charge in [0.2, 0.25) is 5.91 Å². The Kier molecular flexibility index (Phi) is 7.27. The predicted molar refractivity (Wildman–Crippen MR) is 141 cm³/mol. The quantitative estimate of drug-likeness (QED) is 0.283. The number of carbonyl (C=O) groups excluding carboxylic acids is 1. The fraction of sp³-hybridized carbons (Fsp3) is 0.679. The highest BCUT2D eigenvalue weighted by Gasteiger charge is 2.53. The summed E-state index contributed by atoms with van der Waals surface area (Å²) in [5, 5.41) is 4.57. The molecule has 4 fully saturated rings. The van der Waals surface area contributed by atoms with Crippen molar-refractivity contribution in [3.63, 3.8) is 0 Å². The maximum absolute atomic E-state index is 13.2. The molecule has 6 nitrogen and oxygen atoms in total. The molecule has 7 heteroatoms. The summed E-state index contributed by atoms with van der Waals surface area (Å²) in [4.78, 5) is 31.0. The van der Waals surface area contributed by atoms with E-state index in [9.17, 15) is 9.59 Å². The maximum Gasteiger partial charge on any atom is 0.262 e. The molecule has 1 aromatic carbocycles. The Labute approximate surface area is 212 Å². The minimum atomic E-state index is -0.0509. The van der Waals surface area contributed by atoms with Gasteiger partial charge >= 0.3 is 0 Å². The lowest BCUT2D eigenvalue weighted by Gasteiger charge is -2.59. The van der Waals surface area contributed by atoms with Crippen LogP contribution in [0.2, 0.25) is 0 Å². The van der Waals surface area contributed by atoms with Crippen molar-refractivity contribution >= 4 is 28.6 Å². The summed E-state index contributed by atoms with van der Waals surface area (Å²) < 4.78 is 7.38. The van der Waals surface area contributed by atoms with Crippen molar-refractivity contribution in [2.75, 3.05) is 12.4 Å². The van der Waals surface area contributed by atoms with Crippen molar-refractivity contribution in [3.8, 4) is 0 Å². The summed E-state index contributed by atoms with van der Waals surface area (Å²) in [5.74, 6) is 2.90. The van der Waals surface area contributed by atoms with E-state index in [0.29, 0.717) is 29.2 Å². The standard InChI is InChI=1S/C28H39N3O3S/c1-18(2)34-10-6-9-31-26(33)23-7-4-5-8-24(23)30-27(31)35-17-25(32)29-19(3)28-14-20-11-21(15-28)13-22(12-20)16-28/h4-5,7-8,18-22H,6,9-17H2,1-3H3,(H,29,32). The molecule has 190 valence electrons. The third kappa shape index (κ3) is 5.31. The zero-order chi connectivity index (χ0) is 24.6. The Bertz CT molecular complexity index is 1090. The van der Waals surface area contributed by atoms with E-state index in [-0.39, 0.29) is 34.8 Å². The van der Waals surface area contributed by atoms with Gasteiger partial charge in [0.25, 0.3) is 5.56 Å². The monoisotopic (exact) mass is 497 g/mol. The lowest BCUT2D eigenvalue weighted by atomic mass is 9.48. The molecular formula is C28H39N3O3S. The van der Waals surface area contributed by atoms with Gasteiger partial charge in [-0.1, -0.05) is 23.9 Å². The fourth-order valence-electron chi connectivity index (χ4n) is 7.27. The molecule has 4 saturated carbocycles. The third-order valence-corrected chi connectivity index (χ3v) is 9.49. The van der Waals surface area contributed by atoms with Crippen LogP contribution < -0.4 is 10.9 Å². The highest BCUT2D eigenvalue weighted by Crippen LogP contribution is 2.61. The van der Waals surface area contributed by atoms with E-state index in [1.54, 1.807) is 4.57 Å². The van der Waals surface area contributed by atoms with E-state index in [4.69, 9.17) is 9.72 Å². The van der Waals surface area contributed by atoms with Crippen molar-refractivity contribution in [2.24, 2.45) is 23.2 Å². The highest BCUT2D eigenvalue weighted by molar-refractivity contribution is 7.99. The Morgan fingerprint density at radius 1 is 1.14 bits per heavy atom. The van der Waals surface area contributed by atoms with Gasteiger partial charge in [-0.3, -0.25) is 14.2 Å². The number of amides is 1. The van der Waals surface area contributed by atoms with E-state index in [2.05, 4.69) is 12.2 Å². The fourth-order valence-corrected chi connectivity index (χ4v) is 8.11. The number of fused-ring (bicyclic) bond motifs is 1. The minimum absolute atomic E-state index is 0.0374. The molecule has 0 aliphatic heterocycles. The Balaban J connectivity index is 1.26. The van der Waals surface area contributed by atoms with Gasteiger partial charge < -0.3 is 10.1 Å². The zero-order valence-electron chi connectivity index (χ0n) is 21.3. The molecule has 1 aromatic heterocycles. The van der Waals surface area contributed by atoms with E-state index in [1.165, 1.54) is 50.3 Å². The predicted octanol–water partition coefficient (Wildman–Crippen LogP) is 5.02. The molecular weight excluding hydrogens is 458 g/mol. The van der Waals surface area contributed by atoms with Crippen molar-refractivity contribution in [1.29, 1.82) is 0 Å². The number of aromatic nitrogens is 2. The van der Waals surface area contributed by atoms with Crippen LogP contribution in [-0.4, -0.2) is 40.0 Å². The Morgan fingerprint density at radius 2 is 1.80 bits per heavy atom. The highest BCUT2D eigenvalue weighted by atomic mass is 32.2. The van der Waals surface area contributed by atoms with Gasteiger partial charge in [-0.05, 0) is 101 Å². The molecule has 1 unspecified atom stereocenters. The number of para-hydroxylation sites is 1. The van der Waals surface area contributed by atoms with Crippen LogP contribution in [0.4, 0.5) is 0 Å². The van der Waals surface area contributed by atoms with Crippen molar-refractivity contribution in [3.05, 3.63) is 34.6 Å². The van der Waals surface area contributed by atoms with Gasteiger partial charge in [0.15, 0.2) is 5.16 Å². The van der Waals surface area contributed by atoms with Crippen LogP contribution >= 0.6 is 11.8 Å². The number of benzene rings is 1. The smallest absolute Gasteiger partial charge is 0.262 e. The van der Waals surface area contributed by atoms with Crippen molar-refractivity contribution in [1.82, 2.24) is 14.9 Å². The number of rotatable bonds is 10. The van der Waals surface area contributed by atoms with E-state index in [0.717, 1.165) is 24.2 Å². The lowest BCUT2D eigenvalue weighted by Crippen LogP contribution is -2.56. The number of hydrogen-bond donors (Lipinski definition) is 1. The normalized spacial score (nSPS) is 28.1. The molecule has 4 aliphatic rings.